The molecule has 3 rings (SSSR count). The summed E-state index contributed by atoms with van der Waals surface area (Å²) in [6.45, 7) is 0. The molecule has 2 N–H and O–H groups in total. The highest BCUT2D eigenvalue weighted by Gasteiger charge is 2.35. The first kappa shape index (κ1) is 14.8. The van der Waals surface area contributed by atoms with Crippen LogP contribution in [0.2, 0.25) is 0 Å². The van der Waals surface area contributed by atoms with E-state index >= 15 is 0 Å². The third kappa shape index (κ3) is 3.53. The van der Waals surface area contributed by atoms with Crippen LogP contribution in [0.15, 0.2) is 60.7 Å². The molecule has 114 valence electrons. The number of aliphatic hydroxyl groups is 1. The van der Waals surface area contributed by atoms with E-state index in [1.54, 1.807) is 0 Å². The number of rotatable bonds is 4. The SMILES string of the molecule is O=C1N[C@@H](Cc2ccccc2)C(O)O[C@H]1Cc1ccccc1. The number of morpholine rings is 1. The molecule has 2 aromatic rings. The summed E-state index contributed by atoms with van der Waals surface area (Å²) in [5, 5.41) is 13.0. The van der Waals surface area contributed by atoms with Gasteiger partial charge in [0.15, 0.2) is 6.29 Å². The molecule has 0 radical (unpaired) electrons. The number of carbonyl (C=O) groups is 1. The van der Waals surface area contributed by atoms with Crippen LogP contribution in [0.25, 0.3) is 0 Å². The van der Waals surface area contributed by atoms with E-state index in [2.05, 4.69) is 5.32 Å². The fraction of sp³-hybridized carbons (Fsp3) is 0.278. The molecule has 1 fully saturated rings. The van der Waals surface area contributed by atoms with E-state index in [9.17, 15) is 9.90 Å². The van der Waals surface area contributed by atoms with Crippen LogP contribution < -0.4 is 5.32 Å². The number of aliphatic hydroxyl groups excluding tert-OH is 1. The van der Waals surface area contributed by atoms with E-state index < -0.39 is 18.4 Å². The van der Waals surface area contributed by atoms with Crippen LogP contribution in [-0.4, -0.2) is 29.4 Å². The number of nitrogens with one attached hydrogen (secondary N) is 1. The second kappa shape index (κ2) is 6.73. The molecule has 2 aromatic carbocycles. The topological polar surface area (TPSA) is 58.6 Å². The van der Waals surface area contributed by atoms with Gasteiger partial charge >= 0.3 is 0 Å². The standard InChI is InChI=1S/C18H19NO3/c20-17-16(12-14-9-5-2-6-10-14)22-18(21)15(19-17)11-13-7-3-1-4-8-13/h1-10,15-16,18,21H,11-12H2,(H,19,20)/t15-,16-,18?/m0/s1. The summed E-state index contributed by atoms with van der Waals surface area (Å²) < 4.78 is 5.53. The Morgan fingerprint density at radius 1 is 0.909 bits per heavy atom. The average Bonchev–Trinajstić information content (AvgIpc) is 2.54. The van der Waals surface area contributed by atoms with Crippen LogP contribution in [0.3, 0.4) is 0 Å². The first-order valence-electron chi connectivity index (χ1n) is 7.44. The normalized spacial score (nSPS) is 24.8. The second-order valence-corrected chi connectivity index (χ2v) is 5.51. The predicted octanol–water partition coefficient (Wildman–Crippen LogP) is 1.67. The third-order valence-corrected chi connectivity index (χ3v) is 3.83. The average molecular weight is 297 g/mol. The van der Waals surface area contributed by atoms with Gasteiger partial charge in [0.1, 0.15) is 6.10 Å². The molecule has 0 aliphatic carbocycles. The van der Waals surface area contributed by atoms with Crippen LogP contribution in [0.1, 0.15) is 11.1 Å². The van der Waals surface area contributed by atoms with Gasteiger partial charge in [0.25, 0.3) is 0 Å². The Kier molecular flexibility index (Phi) is 4.51. The molecule has 4 heteroatoms. The molecule has 0 bridgehead atoms. The summed E-state index contributed by atoms with van der Waals surface area (Å²) in [6, 6.07) is 19.0. The lowest BCUT2D eigenvalue weighted by atomic mass is 10.0. The van der Waals surface area contributed by atoms with E-state index in [-0.39, 0.29) is 5.91 Å². The quantitative estimate of drug-likeness (QED) is 0.902. The highest BCUT2D eigenvalue weighted by atomic mass is 16.6. The summed E-state index contributed by atoms with van der Waals surface area (Å²) in [5.41, 5.74) is 2.06. The predicted molar refractivity (Wildman–Crippen MR) is 83.1 cm³/mol. The first-order valence-corrected chi connectivity index (χ1v) is 7.44. The summed E-state index contributed by atoms with van der Waals surface area (Å²) in [4.78, 5) is 12.2. The summed E-state index contributed by atoms with van der Waals surface area (Å²) >= 11 is 0. The highest BCUT2D eigenvalue weighted by molar-refractivity contribution is 5.82. The minimum absolute atomic E-state index is 0.171. The van der Waals surface area contributed by atoms with Gasteiger partial charge in [-0.25, -0.2) is 0 Å². The molecule has 0 saturated carbocycles. The monoisotopic (exact) mass is 297 g/mol. The zero-order chi connectivity index (χ0) is 15.4. The lowest BCUT2D eigenvalue weighted by Crippen LogP contribution is -2.57. The minimum atomic E-state index is -0.994. The maximum absolute atomic E-state index is 12.2. The molecule has 1 aliphatic rings. The van der Waals surface area contributed by atoms with Gasteiger partial charge in [-0.05, 0) is 17.5 Å². The number of benzene rings is 2. The third-order valence-electron chi connectivity index (χ3n) is 3.83. The van der Waals surface area contributed by atoms with Gasteiger partial charge in [0.05, 0.1) is 6.04 Å². The molecule has 4 nitrogen and oxygen atoms in total. The lowest BCUT2D eigenvalue weighted by Gasteiger charge is -2.34. The molecule has 1 aliphatic heterocycles. The number of ether oxygens (including phenoxy) is 1. The van der Waals surface area contributed by atoms with Gasteiger partial charge in [-0.3, -0.25) is 4.79 Å². The van der Waals surface area contributed by atoms with Crippen molar-refractivity contribution < 1.29 is 14.6 Å². The van der Waals surface area contributed by atoms with Crippen molar-refractivity contribution >= 4 is 5.91 Å². The molecule has 0 aromatic heterocycles. The van der Waals surface area contributed by atoms with Crippen LogP contribution in [0, 0.1) is 0 Å². The molecule has 3 atom stereocenters. The summed E-state index contributed by atoms with van der Waals surface area (Å²) in [5.74, 6) is -0.171. The Hall–Kier alpha value is -2.17. The molecular formula is C18H19NO3. The molecule has 22 heavy (non-hydrogen) atoms. The molecule has 1 heterocycles. The van der Waals surface area contributed by atoms with Crippen molar-refractivity contribution in [1.82, 2.24) is 5.32 Å². The number of hydrogen-bond acceptors (Lipinski definition) is 3. The fourth-order valence-corrected chi connectivity index (χ4v) is 2.66. The van der Waals surface area contributed by atoms with Gasteiger partial charge < -0.3 is 15.2 Å². The maximum Gasteiger partial charge on any atom is 0.250 e. The summed E-state index contributed by atoms with van der Waals surface area (Å²) in [6.07, 6.45) is -0.635. The zero-order valence-corrected chi connectivity index (χ0v) is 12.2. The van der Waals surface area contributed by atoms with E-state index in [1.165, 1.54) is 0 Å². The van der Waals surface area contributed by atoms with Crippen LogP contribution >= 0.6 is 0 Å². The van der Waals surface area contributed by atoms with Crippen LogP contribution in [-0.2, 0) is 22.4 Å². The Bertz CT molecular complexity index is 615. The fourth-order valence-electron chi connectivity index (χ4n) is 2.66. The van der Waals surface area contributed by atoms with Crippen molar-refractivity contribution in [3.05, 3.63) is 71.8 Å². The number of hydrogen-bond donors (Lipinski definition) is 2. The van der Waals surface area contributed by atoms with E-state index in [0.29, 0.717) is 12.8 Å². The van der Waals surface area contributed by atoms with Gasteiger partial charge in [-0.1, -0.05) is 60.7 Å². The Labute approximate surface area is 129 Å². The van der Waals surface area contributed by atoms with Crippen molar-refractivity contribution in [2.75, 3.05) is 0 Å². The first-order chi connectivity index (χ1) is 10.7. The number of carbonyl (C=O) groups excluding carboxylic acids is 1. The molecule has 1 amide bonds. The minimum Gasteiger partial charge on any atom is -0.366 e. The highest BCUT2D eigenvalue weighted by Crippen LogP contribution is 2.16. The smallest absolute Gasteiger partial charge is 0.250 e. The van der Waals surface area contributed by atoms with Gasteiger partial charge in [-0.2, -0.15) is 0 Å². The Morgan fingerprint density at radius 3 is 2.05 bits per heavy atom. The van der Waals surface area contributed by atoms with Gasteiger partial charge in [-0.15, -0.1) is 0 Å². The molecule has 0 spiro atoms. The second-order valence-electron chi connectivity index (χ2n) is 5.51. The molecule has 1 unspecified atom stereocenters. The van der Waals surface area contributed by atoms with E-state index in [4.69, 9.17) is 4.74 Å². The number of amides is 1. The van der Waals surface area contributed by atoms with Gasteiger partial charge in [0, 0.05) is 6.42 Å². The Balaban J connectivity index is 1.63. The lowest BCUT2D eigenvalue weighted by molar-refractivity contribution is -0.188. The van der Waals surface area contributed by atoms with Crippen LogP contribution in [0.5, 0.6) is 0 Å². The van der Waals surface area contributed by atoms with Crippen molar-refractivity contribution in [2.45, 2.75) is 31.3 Å². The van der Waals surface area contributed by atoms with Crippen molar-refractivity contribution in [3.63, 3.8) is 0 Å². The molecular weight excluding hydrogens is 278 g/mol. The van der Waals surface area contributed by atoms with Crippen molar-refractivity contribution in [3.8, 4) is 0 Å². The Morgan fingerprint density at radius 2 is 1.45 bits per heavy atom. The van der Waals surface area contributed by atoms with E-state index in [1.807, 2.05) is 60.7 Å². The summed E-state index contributed by atoms with van der Waals surface area (Å²) in [7, 11) is 0. The van der Waals surface area contributed by atoms with Crippen molar-refractivity contribution in [2.24, 2.45) is 0 Å². The van der Waals surface area contributed by atoms with Gasteiger partial charge in [0.2, 0.25) is 5.91 Å². The maximum atomic E-state index is 12.2. The molecule has 1 saturated heterocycles. The van der Waals surface area contributed by atoms with E-state index in [0.717, 1.165) is 11.1 Å². The largest absolute Gasteiger partial charge is 0.366 e. The zero-order valence-electron chi connectivity index (χ0n) is 12.2. The van der Waals surface area contributed by atoms with Crippen molar-refractivity contribution in [1.29, 1.82) is 0 Å². The van der Waals surface area contributed by atoms with Crippen LogP contribution in [0.4, 0.5) is 0 Å².